The first-order valence-electron chi connectivity index (χ1n) is 10.6. The van der Waals surface area contributed by atoms with E-state index in [2.05, 4.69) is 22.3 Å². The van der Waals surface area contributed by atoms with Gasteiger partial charge < -0.3 is 15.2 Å². The van der Waals surface area contributed by atoms with Crippen molar-refractivity contribution < 1.29 is 14.6 Å². The van der Waals surface area contributed by atoms with Crippen LogP contribution < -0.4 is 10.1 Å². The van der Waals surface area contributed by atoms with Crippen molar-refractivity contribution in [3.63, 3.8) is 0 Å². The number of carbonyl (C=O) groups is 1. The minimum absolute atomic E-state index is 0.00729. The number of nitrogens with one attached hydrogen (secondary N) is 1. The Morgan fingerprint density at radius 2 is 1.71 bits per heavy atom. The van der Waals surface area contributed by atoms with Crippen LogP contribution in [0.5, 0.6) is 5.75 Å². The fraction of sp³-hybridized carbons (Fsp3) is 0.269. The van der Waals surface area contributed by atoms with E-state index < -0.39 is 6.10 Å². The molecule has 0 unspecified atom stereocenters. The van der Waals surface area contributed by atoms with E-state index >= 15 is 0 Å². The number of fused-ring (bicyclic) bond motifs is 1. The molecule has 3 aromatic carbocycles. The van der Waals surface area contributed by atoms with Gasteiger partial charge in [0.1, 0.15) is 12.4 Å². The van der Waals surface area contributed by atoms with Crippen LogP contribution in [0.15, 0.2) is 72.8 Å². The van der Waals surface area contributed by atoms with Crippen molar-refractivity contribution in [1.82, 2.24) is 4.90 Å². The number of nitrogens with zero attached hydrogens (tertiary/aromatic N) is 1. The highest BCUT2D eigenvalue weighted by atomic mass is 16.5. The summed E-state index contributed by atoms with van der Waals surface area (Å²) in [6.45, 7) is 1.19. The van der Waals surface area contributed by atoms with Gasteiger partial charge in [0.2, 0.25) is 6.41 Å². The molecule has 3 aromatic rings. The van der Waals surface area contributed by atoms with Crippen LogP contribution in [0.1, 0.15) is 34.8 Å². The Morgan fingerprint density at radius 3 is 2.39 bits per heavy atom. The molecule has 0 aromatic heterocycles. The molecule has 0 fully saturated rings. The molecule has 160 valence electrons. The van der Waals surface area contributed by atoms with Gasteiger partial charge in [-0.05, 0) is 48.2 Å². The molecule has 2 N–H and O–H groups in total. The summed E-state index contributed by atoms with van der Waals surface area (Å²) in [5.74, 6) is 0.623. The fourth-order valence-electron chi connectivity index (χ4n) is 4.37. The van der Waals surface area contributed by atoms with E-state index in [0.717, 1.165) is 36.1 Å². The second-order valence-corrected chi connectivity index (χ2v) is 7.99. The maximum absolute atomic E-state index is 11.3. The van der Waals surface area contributed by atoms with Crippen LogP contribution in [0.4, 0.5) is 5.69 Å². The summed E-state index contributed by atoms with van der Waals surface area (Å²) >= 11 is 0. The van der Waals surface area contributed by atoms with Crippen molar-refractivity contribution in [2.45, 2.75) is 38.1 Å². The van der Waals surface area contributed by atoms with Gasteiger partial charge in [-0.2, -0.15) is 0 Å². The van der Waals surface area contributed by atoms with E-state index in [4.69, 9.17) is 4.74 Å². The Morgan fingerprint density at radius 1 is 1.03 bits per heavy atom. The molecule has 0 saturated heterocycles. The number of amides is 1. The third-order valence-corrected chi connectivity index (χ3v) is 5.97. The third kappa shape index (κ3) is 4.79. The molecule has 4 rings (SSSR count). The van der Waals surface area contributed by atoms with Crippen molar-refractivity contribution in [2.24, 2.45) is 0 Å². The van der Waals surface area contributed by atoms with Crippen LogP contribution >= 0.6 is 0 Å². The van der Waals surface area contributed by atoms with Crippen LogP contribution in [0.3, 0.4) is 0 Å². The van der Waals surface area contributed by atoms with Gasteiger partial charge >= 0.3 is 0 Å². The molecule has 5 nitrogen and oxygen atoms in total. The average molecular weight is 417 g/mol. The number of carbonyl (C=O) groups excluding carboxylic acids is 1. The number of hydrogen-bond acceptors (Lipinski definition) is 4. The fourth-order valence-corrected chi connectivity index (χ4v) is 4.37. The molecule has 0 spiro atoms. The Balaban J connectivity index is 1.54. The van der Waals surface area contributed by atoms with Crippen LogP contribution in [-0.2, 0) is 24.4 Å². The third-order valence-electron chi connectivity index (χ3n) is 5.97. The summed E-state index contributed by atoms with van der Waals surface area (Å²) < 4.78 is 6.02. The number of likely N-dealkylation sites (N-methyl/N-ethyl adjacent to an activating group) is 1. The average Bonchev–Trinajstić information content (AvgIpc) is 2.80. The van der Waals surface area contributed by atoms with Gasteiger partial charge in [-0.25, -0.2) is 0 Å². The van der Waals surface area contributed by atoms with Gasteiger partial charge in [-0.3, -0.25) is 9.69 Å². The highest BCUT2D eigenvalue weighted by Crippen LogP contribution is 2.41. The lowest BCUT2D eigenvalue weighted by molar-refractivity contribution is -0.105. The summed E-state index contributed by atoms with van der Waals surface area (Å²) in [5.41, 5.74) is 4.74. The maximum atomic E-state index is 11.3. The standard InChI is InChI=1S/C26H28N2O3/c1-28(16-19-8-4-2-5-9-19)23-14-12-21-22(26(23)30)13-15-24(25(21)27-18-29)31-17-20-10-6-3-7-11-20/h2-11,13,15,18,23,26,30H,12,14,16-17H2,1H3,(H,27,29)/t23-,26-/m0/s1. The normalized spacial score (nSPS) is 17.8. The number of hydrogen-bond donors (Lipinski definition) is 2. The first-order chi connectivity index (χ1) is 15.2. The van der Waals surface area contributed by atoms with Crippen molar-refractivity contribution in [3.05, 3.63) is 95.1 Å². The molecule has 0 radical (unpaired) electrons. The molecule has 1 aliphatic rings. The molecule has 31 heavy (non-hydrogen) atoms. The van der Waals surface area contributed by atoms with E-state index in [1.165, 1.54) is 5.56 Å². The van der Waals surface area contributed by atoms with Crippen LogP contribution in [0.25, 0.3) is 0 Å². The quantitative estimate of drug-likeness (QED) is 0.537. The minimum atomic E-state index is -0.632. The van der Waals surface area contributed by atoms with E-state index in [-0.39, 0.29) is 6.04 Å². The number of anilines is 1. The summed E-state index contributed by atoms with van der Waals surface area (Å²) in [5, 5.41) is 14.0. The Bertz CT molecular complexity index is 1010. The zero-order valence-electron chi connectivity index (χ0n) is 17.7. The highest BCUT2D eigenvalue weighted by Gasteiger charge is 2.33. The predicted octanol–water partition coefficient (Wildman–Crippen LogP) is 4.31. The summed E-state index contributed by atoms with van der Waals surface area (Å²) in [6.07, 6.45) is 1.60. The van der Waals surface area contributed by atoms with E-state index in [1.54, 1.807) is 0 Å². The Labute approximate surface area is 183 Å². The van der Waals surface area contributed by atoms with E-state index in [0.29, 0.717) is 24.5 Å². The Hall–Kier alpha value is -3.15. The summed E-state index contributed by atoms with van der Waals surface area (Å²) in [6, 6.07) is 24.0. The molecule has 5 heteroatoms. The largest absolute Gasteiger partial charge is 0.487 e. The van der Waals surface area contributed by atoms with Gasteiger partial charge in [0.25, 0.3) is 0 Å². The number of benzene rings is 3. The van der Waals surface area contributed by atoms with E-state index in [1.807, 2.05) is 67.7 Å². The van der Waals surface area contributed by atoms with Gasteiger partial charge in [0.15, 0.2) is 0 Å². The zero-order valence-corrected chi connectivity index (χ0v) is 17.7. The summed E-state index contributed by atoms with van der Waals surface area (Å²) in [4.78, 5) is 13.5. The van der Waals surface area contributed by atoms with Gasteiger partial charge in [-0.1, -0.05) is 66.7 Å². The lowest BCUT2D eigenvalue weighted by Crippen LogP contribution is -2.39. The molecular formula is C26H28N2O3. The number of aliphatic hydroxyl groups excluding tert-OH is 1. The molecule has 2 atom stereocenters. The number of aliphatic hydroxyl groups is 1. The predicted molar refractivity (Wildman–Crippen MR) is 122 cm³/mol. The van der Waals surface area contributed by atoms with Crippen molar-refractivity contribution in [3.8, 4) is 5.75 Å². The smallest absolute Gasteiger partial charge is 0.211 e. The topological polar surface area (TPSA) is 61.8 Å². The van der Waals surface area contributed by atoms with Crippen LogP contribution in [0, 0.1) is 0 Å². The van der Waals surface area contributed by atoms with Gasteiger partial charge in [-0.15, -0.1) is 0 Å². The van der Waals surface area contributed by atoms with Crippen molar-refractivity contribution in [1.29, 1.82) is 0 Å². The minimum Gasteiger partial charge on any atom is -0.487 e. The second-order valence-electron chi connectivity index (χ2n) is 7.99. The number of rotatable bonds is 8. The molecular weight excluding hydrogens is 388 g/mol. The first-order valence-corrected chi connectivity index (χ1v) is 10.6. The summed E-state index contributed by atoms with van der Waals surface area (Å²) in [7, 11) is 2.05. The highest BCUT2D eigenvalue weighted by molar-refractivity contribution is 5.79. The van der Waals surface area contributed by atoms with Gasteiger partial charge in [0.05, 0.1) is 11.8 Å². The van der Waals surface area contributed by atoms with Crippen LogP contribution in [0.2, 0.25) is 0 Å². The first kappa shape index (κ1) is 21.1. The van der Waals surface area contributed by atoms with Crippen molar-refractivity contribution >= 4 is 12.1 Å². The second kappa shape index (κ2) is 9.77. The monoisotopic (exact) mass is 416 g/mol. The SMILES string of the molecule is CN(Cc1ccccc1)[C@H]1CCc2c(ccc(OCc3ccccc3)c2NC=O)[C@@H]1O. The molecule has 0 heterocycles. The molecule has 0 bridgehead atoms. The molecule has 1 amide bonds. The Kier molecular flexibility index (Phi) is 6.65. The van der Waals surface area contributed by atoms with Crippen molar-refractivity contribution in [2.75, 3.05) is 12.4 Å². The number of ether oxygens (including phenoxy) is 1. The molecule has 1 aliphatic carbocycles. The van der Waals surface area contributed by atoms with Gasteiger partial charge in [0, 0.05) is 12.6 Å². The van der Waals surface area contributed by atoms with Crippen LogP contribution in [-0.4, -0.2) is 29.5 Å². The molecule has 0 saturated carbocycles. The maximum Gasteiger partial charge on any atom is 0.211 e. The van der Waals surface area contributed by atoms with E-state index in [9.17, 15) is 9.90 Å². The zero-order chi connectivity index (χ0) is 21.6. The lowest BCUT2D eigenvalue weighted by Gasteiger charge is -2.37. The lowest BCUT2D eigenvalue weighted by atomic mass is 9.83. The molecule has 0 aliphatic heterocycles.